The second kappa shape index (κ2) is 8.60. The number of halogens is 3. The van der Waals surface area contributed by atoms with Gasteiger partial charge >= 0.3 is 6.18 Å². The molecule has 0 saturated carbocycles. The first-order valence-corrected chi connectivity index (χ1v) is 10.3. The summed E-state index contributed by atoms with van der Waals surface area (Å²) in [7, 11) is 0. The summed E-state index contributed by atoms with van der Waals surface area (Å²) in [5.41, 5.74) is 2.31. The Hall–Kier alpha value is -3.43. The zero-order chi connectivity index (χ0) is 22.9. The number of aromatic nitrogens is 4. The Labute approximate surface area is 182 Å². The number of alkyl halides is 3. The maximum atomic E-state index is 13.6. The molecular weight excluding hydrogens is 421 g/mol. The smallest absolute Gasteiger partial charge is 0.346 e. The molecule has 3 aromatic heterocycles. The molecule has 0 spiro atoms. The van der Waals surface area contributed by atoms with E-state index in [9.17, 15) is 18.0 Å². The molecule has 0 bridgehead atoms. The largest absolute Gasteiger partial charge is 0.408 e. The van der Waals surface area contributed by atoms with Crippen LogP contribution in [0.25, 0.3) is 11.1 Å². The molecule has 10 heteroatoms. The second-order valence-electron chi connectivity index (χ2n) is 7.93. The van der Waals surface area contributed by atoms with Crippen molar-refractivity contribution in [1.29, 1.82) is 0 Å². The molecule has 3 aromatic rings. The number of nitrogens with one attached hydrogen (secondary N) is 2. The Morgan fingerprint density at radius 1 is 1.09 bits per heavy atom. The lowest BCUT2D eigenvalue weighted by Gasteiger charge is -2.38. The molecular formula is C22H23F3N6O. The monoisotopic (exact) mass is 444 g/mol. The normalized spacial score (nSPS) is 16.8. The third kappa shape index (κ3) is 4.74. The van der Waals surface area contributed by atoms with Gasteiger partial charge in [0.25, 0.3) is 0 Å². The van der Waals surface area contributed by atoms with Crippen LogP contribution in [0.1, 0.15) is 30.5 Å². The molecule has 32 heavy (non-hydrogen) atoms. The zero-order valence-corrected chi connectivity index (χ0v) is 17.7. The third-order valence-corrected chi connectivity index (χ3v) is 5.49. The molecule has 168 valence electrons. The highest BCUT2D eigenvalue weighted by atomic mass is 19.4. The fourth-order valence-electron chi connectivity index (χ4n) is 3.90. The van der Waals surface area contributed by atoms with Crippen LogP contribution in [-0.4, -0.2) is 38.9 Å². The van der Waals surface area contributed by atoms with Crippen molar-refractivity contribution in [1.82, 2.24) is 20.2 Å². The Kier molecular flexibility index (Phi) is 5.86. The summed E-state index contributed by atoms with van der Waals surface area (Å²) in [4.78, 5) is 20.6. The average molecular weight is 444 g/mol. The number of aromatic amines is 1. The Morgan fingerprint density at radius 2 is 1.91 bits per heavy atom. The number of hydrogen-bond acceptors (Lipinski definition) is 6. The summed E-state index contributed by atoms with van der Waals surface area (Å²) in [6.07, 6.45) is -1.58. The number of piperidine rings is 1. The van der Waals surface area contributed by atoms with Crippen LogP contribution in [0, 0.1) is 13.8 Å². The highest BCUT2D eigenvalue weighted by Gasteiger charge is 2.45. The molecule has 1 fully saturated rings. The minimum atomic E-state index is -4.37. The van der Waals surface area contributed by atoms with Gasteiger partial charge in [0.1, 0.15) is 17.7 Å². The molecule has 4 heterocycles. The maximum absolute atomic E-state index is 13.6. The van der Waals surface area contributed by atoms with Gasteiger partial charge in [-0.05, 0) is 74.1 Å². The fraction of sp³-hybridized carbons (Fsp3) is 0.364. The first kappa shape index (κ1) is 21.8. The molecule has 7 nitrogen and oxygen atoms in total. The minimum absolute atomic E-state index is 0.00962. The molecule has 2 N–H and O–H groups in total. The first-order valence-electron chi connectivity index (χ1n) is 10.3. The zero-order valence-electron chi connectivity index (χ0n) is 17.7. The van der Waals surface area contributed by atoms with Crippen molar-refractivity contribution in [2.45, 2.75) is 45.3 Å². The van der Waals surface area contributed by atoms with E-state index in [1.165, 1.54) is 11.0 Å². The predicted octanol–water partition coefficient (Wildman–Crippen LogP) is 4.51. The van der Waals surface area contributed by atoms with Crippen LogP contribution in [-0.2, 0) is 0 Å². The van der Waals surface area contributed by atoms with Gasteiger partial charge < -0.3 is 15.2 Å². The molecule has 1 aliphatic heterocycles. The lowest BCUT2D eigenvalue weighted by molar-refractivity contribution is -0.152. The van der Waals surface area contributed by atoms with Gasteiger partial charge in [-0.15, -0.1) is 5.10 Å². The van der Waals surface area contributed by atoms with Gasteiger partial charge in [-0.25, -0.2) is 4.98 Å². The predicted molar refractivity (Wildman–Crippen MR) is 116 cm³/mol. The maximum Gasteiger partial charge on any atom is 0.408 e. The van der Waals surface area contributed by atoms with Gasteiger partial charge in [-0.3, -0.25) is 4.79 Å². The number of anilines is 3. The van der Waals surface area contributed by atoms with Gasteiger partial charge in [0.05, 0.1) is 5.69 Å². The van der Waals surface area contributed by atoms with Crippen LogP contribution >= 0.6 is 0 Å². The van der Waals surface area contributed by atoms with Gasteiger partial charge in [0, 0.05) is 18.8 Å². The first-order chi connectivity index (χ1) is 15.2. The highest BCUT2D eigenvalue weighted by molar-refractivity contribution is 5.73. The lowest BCUT2D eigenvalue weighted by Crippen LogP contribution is -2.49. The van der Waals surface area contributed by atoms with E-state index in [1.54, 1.807) is 24.4 Å². The number of nitrogens with zero attached hydrogens (tertiary/aromatic N) is 4. The van der Waals surface area contributed by atoms with Crippen molar-refractivity contribution < 1.29 is 13.2 Å². The van der Waals surface area contributed by atoms with Crippen LogP contribution in [0.4, 0.5) is 30.6 Å². The average Bonchev–Trinajstić information content (AvgIpc) is 2.75. The van der Waals surface area contributed by atoms with Gasteiger partial charge in [-0.1, -0.05) is 0 Å². The van der Waals surface area contributed by atoms with Gasteiger partial charge in [-0.2, -0.15) is 18.3 Å². The van der Waals surface area contributed by atoms with Crippen LogP contribution in [0.2, 0.25) is 0 Å². The van der Waals surface area contributed by atoms with Crippen LogP contribution < -0.4 is 15.8 Å². The molecule has 4 rings (SSSR count). The Morgan fingerprint density at radius 3 is 2.62 bits per heavy atom. The van der Waals surface area contributed by atoms with Crippen LogP contribution in [0.5, 0.6) is 0 Å². The summed E-state index contributed by atoms with van der Waals surface area (Å²) < 4.78 is 40.8. The van der Waals surface area contributed by atoms with Crippen molar-refractivity contribution in [3.05, 3.63) is 58.1 Å². The van der Waals surface area contributed by atoms with Crippen molar-refractivity contribution in [2.75, 3.05) is 16.8 Å². The van der Waals surface area contributed by atoms with Gasteiger partial charge in [0.2, 0.25) is 5.56 Å². The number of H-pyrrole nitrogens is 1. The standard InChI is InChI=1S/C22H23F3N6O/c1-13-12-26-19(27-18-7-6-14(2)29-30-18)11-16(13)15-9-20(28-21(32)10-15)31-8-4-3-5-17(31)22(23,24)25/h6-7,9-12,17H,3-5,8H2,1-2H3,(H,28,32)(H,26,27,30)/t17-/m1/s1. The summed E-state index contributed by atoms with van der Waals surface area (Å²) in [6, 6.07) is 6.69. The Balaban J connectivity index is 1.70. The van der Waals surface area contributed by atoms with Crippen molar-refractivity contribution in [2.24, 2.45) is 0 Å². The number of rotatable bonds is 4. The quantitative estimate of drug-likeness (QED) is 0.616. The van der Waals surface area contributed by atoms with Crippen molar-refractivity contribution in [3.8, 4) is 11.1 Å². The fourth-order valence-corrected chi connectivity index (χ4v) is 3.90. The molecule has 0 aromatic carbocycles. The summed E-state index contributed by atoms with van der Waals surface area (Å²) >= 11 is 0. The number of hydrogen-bond donors (Lipinski definition) is 2. The molecule has 0 radical (unpaired) electrons. The molecule has 0 unspecified atom stereocenters. The van der Waals surface area contributed by atoms with E-state index in [0.717, 1.165) is 11.3 Å². The second-order valence-corrected chi connectivity index (χ2v) is 7.93. The SMILES string of the molecule is Cc1ccc(Nc2cc(-c3cc(N4CCCC[C@@H]4C(F)(F)F)[nH]c(=O)c3)c(C)cn2)nn1. The van der Waals surface area contributed by atoms with E-state index in [4.69, 9.17) is 0 Å². The molecule has 0 aliphatic carbocycles. The van der Waals surface area contributed by atoms with Crippen LogP contribution in [0.15, 0.2) is 41.3 Å². The van der Waals surface area contributed by atoms with Crippen molar-refractivity contribution >= 4 is 17.5 Å². The van der Waals surface area contributed by atoms with E-state index in [1.807, 2.05) is 19.9 Å². The summed E-state index contributed by atoms with van der Waals surface area (Å²) in [5, 5.41) is 11.1. The van der Waals surface area contributed by atoms with Crippen molar-refractivity contribution in [3.63, 3.8) is 0 Å². The van der Waals surface area contributed by atoms with E-state index in [-0.39, 0.29) is 18.8 Å². The summed E-state index contributed by atoms with van der Waals surface area (Å²) in [6.45, 7) is 3.89. The number of pyridine rings is 2. The Bertz CT molecular complexity index is 1160. The van der Waals surface area contributed by atoms with E-state index >= 15 is 0 Å². The summed E-state index contributed by atoms with van der Waals surface area (Å²) in [5.74, 6) is 1.16. The van der Waals surface area contributed by atoms with E-state index < -0.39 is 17.8 Å². The molecule has 0 amide bonds. The lowest BCUT2D eigenvalue weighted by atomic mass is 10.00. The van der Waals surface area contributed by atoms with Crippen LogP contribution in [0.3, 0.4) is 0 Å². The molecule has 1 aliphatic rings. The number of aryl methyl sites for hydroxylation is 2. The molecule has 1 saturated heterocycles. The minimum Gasteiger partial charge on any atom is -0.346 e. The van der Waals surface area contributed by atoms with E-state index in [0.29, 0.717) is 35.6 Å². The topological polar surface area (TPSA) is 86.8 Å². The molecule has 1 atom stereocenters. The van der Waals surface area contributed by atoms with Gasteiger partial charge in [0.15, 0.2) is 5.82 Å². The van der Waals surface area contributed by atoms with E-state index in [2.05, 4.69) is 25.5 Å². The third-order valence-electron chi connectivity index (χ3n) is 5.49. The highest BCUT2D eigenvalue weighted by Crippen LogP contribution is 2.35.